The zero-order chi connectivity index (χ0) is 14.2. The average molecular weight is 278 g/mol. The molecule has 3 heterocycles. The molecule has 0 amide bonds. The number of halogens is 2. The quantitative estimate of drug-likeness (QED) is 0.915. The van der Waals surface area contributed by atoms with Crippen LogP contribution in [0.2, 0.25) is 0 Å². The van der Waals surface area contributed by atoms with Crippen molar-refractivity contribution in [3.8, 4) is 11.1 Å². The summed E-state index contributed by atoms with van der Waals surface area (Å²) in [6.45, 7) is 1.20. The van der Waals surface area contributed by atoms with Gasteiger partial charge in [0.05, 0.1) is 18.1 Å². The van der Waals surface area contributed by atoms with Gasteiger partial charge in [-0.15, -0.1) is 0 Å². The van der Waals surface area contributed by atoms with E-state index in [1.54, 1.807) is 24.1 Å². The minimum absolute atomic E-state index is 0.313. The molecule has 1 fully saturated rings. The molecule has 0 spiro atoms. The Kier molecular flexibility index (Phi) is 3.25. The number of piperidine rings is 1. The van der Waals surface area contributed by atoms with Gasteiger partial charge in [0.1, 0.15) is 5.82 Å². The SMILES string of the molecule is Cn1cc(-c2cc(F)cnc2C2(F)CCNCC2)cn1. The molecule has 4 nitrogen and oxygen atoms in total. The molecule has 0 unspecified atom stereocenters. The van der Waals surface area contributed by atoms with Gasteiger partial charge in [-0.2, -0.15) is 5.10 Å². The van der Waals surface area contributed by atoms with Crippen LogP contribution in [0.3, 0.4) is 0 Å². The van der Waals surface area contributed by atoms with Crippen molar-refractivity contribution in [1.29, 1.82) is 0 Å². The number of pyridine rings is 1. The van der Waals surface area contributed by atoms with Gasteiger partial charge in [-0.3, -0.25) is 9.67 Å². The molecule has 0 atom stereocenters. The maximum atomic E-state index is 15.1. The number of hydrogen-bond acceptors (Lipinski definition) is 3. The summed E-state index contributed by atoms with van der Waals surface area (Å²) in [6.07, 6.45) is 5.12. The highest BCUT2D eigenvalue weighted by atomic mass is 19.1. The number of aryl methyl sites for hydroxylation is 1. The lowest BCUT2D eigenvalue weighted by Crippen LogP contribution is -2.37. The zero-order valence-electron chi connectivity index (χ0n) is 11.2. The molecule has 106 valence electrons. The molecule has 0 bridgehead atoms. The largest absolute Gasteiger partial charge is 0.316 e. The van der Waals surface area contributed by atoms with Crippen LogP contribution in [0.25, 0.3) is 11.1 Å². The van der Waals surface area contributed by atoms with Crippen LogP contribution in [0.1, 0.15) is 18.5 Å². The minimum Gasteiger partial charge on any atom is -0.316 e. The van der Waals surface area contributed by atoms with Crippen molar-refractivity contribution in [2.24, 2.45) is 7.05 Å². The van der Waals surface area contributed by atoms with Crippen LogP contribution in [-0.2, 0) is 12.7 Å². The summed E-state index contributed by atoms with van der Waals surface area (Å²) < 4.78 is 30.3. The first kappa shape index (κ1) is 13.2. The van der Waals surface area contributed by atoms with Crippen LogP contribution in [0, 0.1) is 5.82 Å². The van der Waals surface area contributed by atoms with E-state index < -0.39 is 11.5 Å². The van der Waals surface area contributed by atoms with Gasteiger partial charge in [0.25, 0.3) is 0 Å². The van der Waals surface area contributed by atoms with E-state index in [9.17, 15) is 4.39 Å². The second kappa shape index (κ2) is 4.94. The van der Waals surface area contributed by atoms with E-state index in [4.69, 9.17) is 0 Å². The Balaban J connectivity index is 2.11. The van der Waals surface area contributed by atoms with Gasteiger partial charge in [0.15, 0.2) is 5.67 Å². The van der Waals surface area contributed by atoms with Gasteiger partial charge in [-0.1, -0.05) is 0 Å². The predicted octanol–water partition coefficient (Wildman–Crippen LogP) is 2.17. The summed E-state index contributed by atoms with van der Waals surface area (Å²) in [5.74, 6) is -0.467. The lowest BCUT2D eigenvalue weighted by molar-refractivity contribution is 0.110. The Bertz CT molecular complexity index is 617. The number of hydrogen-bond donors (Lipinski definition) is 1. The molecule has 6 heteroatoms. The Hall–Kier alpha value is -1.82. The van der Waals surface area contributed by atoms with Crippen molar-refractivity contribution in [2.45, 2.75) is 18.5 Å². The lowest BCUT2D eigenvalue weighted by atomic mass is 9.86. The minimum atomic E-state index is -1.51. The van der Waals surface area contributed by atoms with Gasteiger partial charge < -0.3 is 5.32 Å². The molecule has 1 aliphatic rings. The Morgan fingerprint density at radius 1 is 1.30 bits per heavy atom. The summed E-state index contributed by atoms with van der Waals surface area (Å²) in [6, 6.07) is 1.34. The Labute approximate surface area is 115 Å². The van der Waals surface area contributed by atoms with Crippen molar-refractivity contribution in [1.82, 2.24) is 20.1 Å². The van der Waals surface area contributed by atoms with Crippen LogP contribution in [0.4, 0.5) is 8.78 Å². The van der Waals surface area contributed by atoms with E-state index in [0.29, 0.717) is 42.8 Å². The highest BCUT2D eigenvalue weighted by Crippen LogP contribution is 2.39. The van der Waals surface area contributed by atoms with Crippen LogP contribution in [-0.4, -0.2) is 27.9 Å². The fourth-order valence-electron chi connectivity index (χ4n) is 2.64. The highest BCUT2D eigenvalue weighted by molar-refractivity contribution is 5.65. The Morgan fingerprint density at radius 2 is 2.05 bits per heavy atom. The molecule has 0 radical (unpaired) electrons. The second-order valence-corrected chi connectivity index (χ2v) is 5.17. The molecule has 2 aromatic heterocycles. The van der Waals surface area contributed by atoms with Crippen molar-refractivity contribution in [2.75, 3.05) is 13.1 Å². The van der Waals surface area contributed by atoms with E-state index in [0.717, 1.165) is 6.20 Å². The Morgan fingerprint density at radius 3 is 2.70 bits per heavy atom. The molecular weight excluding hydrogens is 262 g/mol. The standard InChI is InChI=1S/C14H16F2N4/c1-20-9-10(7-19-20)12-6-11(15)8-18-13(12)14(16)2-4-17-5-3-14/h6-9,17H,2-5H2,1H3. The summed E-state index contributed by atoms with van der Waals surface area (Å²) in [7, 11) is 1.77. The number of nitrogens with one attached hydrogen (secondary N) is 1. The van der Waals surface area contributed by atoms with Crippen LogP contribution in [0.5, 0.6) is 0 Å². The van der Waals surface area contributed by atoms with Crippen molar-refractivity contribution in [3.05, 3.63) is 36.2 Å². The molecule has 1 saturated heterocycles. The highest BCUT2D eigenvalue weighted by Gasteiger charge is 2.37. The van der Waals surface area contributed by atoms with Gasteiger partial charge >= 0.3 is 0 Å². The zero-order valence-corrected chi connectivity index (χ0v) is 11.2. The van der Waals surface area contributed by atoms with Crippen LogP contribution < -0.4 is 5.32 Å². The number of nitrogens with zero attached hydrogens (tertiary/aromatic N) is 3. The number of rotatable bonds is 2. The topological polar surface area (TPSA) is 42.7 Å². The molecular formula is C14H16F2N4. The first-order chi connectivity index (χ1) is 9.58. The molecule has 1 N–H and O–H groups in total. The second-order valence-electron chi connectivity index (χ2n) is 5.17. The number of alkyl halides is 1. The monoisotopic (exact) mass is 278 g/mol. The van der Waals surface area contributed by atoms with E-state index >= 15 is 4.39 Å². The van der Waals surface area contributed by atoms with Crippen molar-refractivity contribution in [3.63, 3.8) is 0 Å². The molecule has 1 aliphatic heterocycles. The normalized spacial score (nSPS) is 18.1. The average Bonchev–Trinajstić information content (AvgIpc) is 2.86. The predicted molar refractivity (Wildman–Crippen MR) is 71.3 cm³/mol. The molecule has 20 heavy (non-hydrogen) atoms. The fraction of sp³-hybridized carbons (Fsp3) is 0.429. The summed E-state index contributed by atoms with van der Waals surface area (Å²) in [5.41, 5.74) is -0.0228. The molecule has 0 aliphatic carbocycles. The smallest absolute Gasteiger partial charge is 0.155 e. The van der Waals surface area contributed by atoms with Crippen LogP contribution >= 0.6 is 0 Å². The third kappa shape index (κ3) is 2.31. The molecule has 0 aromatic carbocycles. The fourth-order valence-corrected chi connectivity index (χ4v) is 2.64. The van der Waals surface area contributed by atoms with Gasteiger partial charge in [0.2, 0.25) is 0 Å². The third-order valence-corrected chi connectivity index (χ3v) is 3.69. The summed E-state index contributed by atoms with van der Waals surface area (Å²) in [4.78, 5) is 4.04. The first-order valence-corrected chi connectivity index (χ1v) is 6.63. The van der Waals surface area contributed by atoms with Crippen molar-refractivity contribution < 1.29 is 8.78 Å². The van der Waals surface area contributed by atoms with E-state index in [-0.39, 0.29) is 0 Å². The summed E-state index contributed by atoms with van der Waals surface area (Å²) >= 11 is 0. The van der Waals surface area contributed by atoms with E-state index in [1.165, 1.54) is 6.07 Å². The van der Waals surface area contributed by atoms with Crippen molar-refractivity contribution >= 4 is 0 Å². The molecule has 2 aromatic rings. The van der Waals surface area contributed by atoms with E-state index in [1.807, 2.05) is 0 Å². The lowest BCUT2D eigenvalue weighted by Gasteiger charge is -2.30. The molecule has 3 rings (SSSR count). The maximum absolute atomic E-state index is 15.1. The first-order valence-electron chi connectivity index (χ1n) is 6.63. The van der Waals surface area contributed by atoms with Crippen LogP contribution in [0.15, 0.2) is 24.7 Å². The molecule has 0 saturated carbocycles. The van der Waals surface area contributed by atoms with Gasteiger partial charge in [0, 0.05) is 24.4 Å². The number of aromatic nitrogens is 3. The van der Waals surface area contributed by atoms with E-state index in [2.05, 4.69) is 15.4 Å². The third-order valence-electron chi connectivity index (χ3n) is 3.69. The maximum Gasteiger partial charge on any atom is 0.155 e. The van der Waals surface area contributed by atoms with Gasteiger partial charge in [-0.25, -0.2) is 8.78 Å². The summed E-state index contributed by atoms with van der Waals surface area (Å²) in [5, 5.41) is 7.19. The van der Waals surface area contributed by atoms with Gasteiger partial charge in [-0.05, 0) is 32.0 Å².